The van der Waals surface area contributed by atoms with Crippen molar-refractivity contribution in [2.75, 3.05) is 5.32 Å². The second-order valence-corrected chi connectivity index (χ2v) is 7.24. The third-order valence-electron chi connectivity index (χ3n) is 4.57. The van der Waals surface area contributed by atoms with Gasteiger partial charge in [0.15, 0.2) is 5.96 Å². The number of fused-ring (bicyclic) bond motifs is 1. The molecular weight excluding hydrogens is 374 g/mol. The fourth-order valence-corrected chi connectivity index (χ4v) is 3.23. The average Bonchev–Trinajstić information content (AvgIpc) is 2.67. The van der Waals surface area contributed by atoms with Crippen LogP contribution in [-0.4, -0.2) is 15.5 Å². The zero-order chi connectivity index (χ0) is 19.7. The predicted molar refractivity (Wildman–Crippen MR) is 112 cm³/mol. The Kier molecular flexibility index (Phi) is 4.88. The summed E-state index contributed by atoms with van der Waals surface area (Å²) in [6, 6.07) is 17.1. The van der Waals surface area contributed by atoms with E-state index in [-0.39, 0.29) is 11.7 Å². The molecule has 0 bridgehead atoms. The lowest BCUT2D eigenvalue weighted by atomic mass is 10.1. The molecule has 0 amide bonds. The smallest absolute Gasteiger partial charge is 0.257 e. The molecule has 2 heterocycles. The van der Waals surface area contributed by atoms with Gasteiger partial charge in [0.25, 0.3) is 5.56 Å². The number of aryl methyl sites for hydroxylation is 2. The molecule has 28 heavy (non-hydrogen) atoms. The van der Waals surface area contributed by atoms with Crippen molar-refractivity contribution in [2.24, 2.45) is 4.99 Å². The minimum absolute atomic E-state index is 0.121. The number of aliphatic imine (C=N–C) groups is 1. The molecule has 6 nitrogen and oxygen atoms in total. The fourth-order valence-electron chi connectivity index (χ4n) is 3.11. The molecule has 7 heteroatoms. The number of nitrogens with zero attached hydrogens (tertiary/aromatic N) is 3. The van der Waals surface area contributed by atoms with E-state index >= 15 is 0 Å². The monoisotopic (exact) mass is 393 g/mol. The van der Waals surface area contributed by atoms with Crippen LogP contribution in [-0.2, 0) is 6.54 Å². The van der Waals surface area contributed by atoms with Gasteiger partial charge in [0.05, 0.1) is 6.54 Å². The summed E-state index contributed by atoms with van der Waals surface area (Å²) in [7, 11) is 0. The maximum absolute atomic E-state index is 12.6. The maximum atomic E-state index is 12.6. The van der Waals surface area contributed by atoms with Gasteiger partial charge in [-0.15, -0.1) is 0 Å². The number of benzene rings is 2. The third kappa shape index (κ3) is 3.77. The minimum Gasteiger partial charge on any atom is -0.331 e. The van der Waals surface area contributed by atoms with Crippen LogP contribution in [0.5, 0.6) is 0 Å². The number of nitrogens with one attached hydrogen (secondary N) is 2. The molecule has 0 spiro atoms. The van der Waals surface area contributed by atoms with Crippen molar-refractivity contribution < 1.29 is 0 Å². The summed E-state index contributed by atoms with van der Waals surface area (Å²) in [5, 5.41) is 7.15. The lowest BCUT2D eigenvalue weighted by Crippen LogP contribution is -2.48. The van der Waals surface area contributed by atoms with Gasteiger partial charge in [-0.05, 0) is 37.1 Å². The van der Waals surface area contributed by atoms with Crippen molar-refractivity contribution in [3.8, 4) is 0 Å². The predicted octanol–water partition coefficient (Wildman–Crippen LogP) is 3.63. The summed E-state index contributed by atoms with van der Waals surface area (Å²) < 4.78 is 1.61. The van der Waals surface area contributed by atoms with Crippen LogP contribution in [0.2, 0.25) is 5.02 Å². The number of hydrogen-bond donors (Lipinski definition) is 2. The lowest BCUT2D eigenvalue weighted by Gasteiger charge is -2.31. The fraction of sp³-hybridized carbons (Fsp3) is 0.190. The molecule has 3 aromatic rings. The Balaban J connectivity index is 1.71. The van der Waals surface area contributed by atoms with Crippen molar-refractivity contribution in [3.63, 3.8) is 0 Å². The van der Waals surface area contributed by atoms with Gasteiger partial charge in [0.2, 0.25) is 5.95 Å². The van der Waals surface area contributed by atoms with Crippen LogP contribution in [0.4, 0.5) is 5.95 Å². The molecule has 2 N–H and O–H groups in total. The van der Waals surface area contributed by atoms with Crippen LogP contribution < -0.4 is 16.2 Å². The molecule has 0 aliphatic carbocycles. The molecular formula is C21H20ClN5O. The highest BCUT2D eigenvalue weighted by atomic mass is 35.5. The number of rotatable bonds is 3. The van der Waals surface area contributed by atoms with Crippen LogP contribution >= 0.6 is 11.6 Å². The quantitative estimate of drug-likeness (QED) is 0.712. The van der Waals surface area contributed by atoms with Gasteiger partial charge in [-0.2, -0.15) is 0 Å². The van der Waals surface area contributed by atoms with Gasteiger partial charge < -0.3 is 5.32 Å². The van der Waals surface area contributed by atoms with Crippen molar-refractivity contribution in [3.05, 3.63) is 92.4 Å². The summed E-state index contributed by atoms with van der Waals surface area (Å²) in [5.41, 5.74) is 3.69. The minimum atomic E-state index is -0.388. The van der Waals surface area contributed by atoms with Gasteiger partial charge in [-0.1, -0.05) is 53.6 Å². The van der Waals surface area contributed by atoms with Crippen LogP contribution in [0.3, 0.4) is 0 Å². The van der Waals surface area contributed by atoms with E-state index in [1.807, 2.05) is 55.5 Å². The van der Waals surface area contributed by atoms with E-state index in [0.717, 1.165) is 16.7 Å². The molecule has 1 aromatic heterocycles. The Morgan fingerprint density at radius 3 is 2.54 bits per heavy atom. The molecule has 0 saturated heterocycles. The Morgan fingerprint density at radius 1 is 1.11 bits per heavy atom. The first-order chi connectivity index (χ1) is 13.5. The van der Waals surface area contributed by atoms with E-state index in [1.165, 1.54) is 6.07 Å². The van der Waals surface area contributed by atoms with Gasteiger partial charge in [0, 0.05) is 16.8 Å². The third-order valence-corrected chi connectivity index (χ3v) is 4.82. The molecule has 1 unspecified atom stereocenters. The first kappa shape index (κ1) is 18.3. The second kappa shape index (κ2) is 7.48. The number of halogens is 1. The van der Waals surface area contributed by atoms with Crippen molar-refractivity contribution in [2.45, 2.75) is 26.6 Å². The summed E-state index contributed by atoms with van der Waals surface area (Å²) in [6.07, 6.45) is -0.388. The van der Waals surface area contributed by atoms with E-state index in [9.17, 15) is 4.79 Å². The molecule has 1 aliphatic heterocycles. The Labute approximate surface area is 167 Å². The molecule has 0 saturated carbocycles. The maximum Gasteiger partial charge on any atom is 0.257 e. The molecule has 2 aromatic carbocycles. The van der Waals surface area contributed by atoms with Crippen molar-refractivity contribution in [1.29, 1.82) is 0 Å². The Hall–Kier alpha value is -3.12. The molecule has 1 atom stereocenters. The standard InChI is InChI=1S/C21H20ClN5O/c1-13-3-7-16(8-4-13)19-25-20(23-12-15-5-9-17(22)10-6-15)26-21-24-14(2)11-18(28)27(19)21/h3-11,19H,12H2,1-2H3,(H2,23,24,25,26). The van der Waals surface area contributed by atoms with Crippen molar-refractivity contribution in [1.82, 2.24) is 14.9 Å². The number of guanidine groups is 1. The van der Waals surface area contributed by atoms with Crippen molar-refractivity contribution >= 4 is 23.5 Å². The topological polar surface area (TPSA) is 71.3 Å². The molecule has 0 radical (unpaired) electrons. The van der Waals surface area contributed by atoms with Gasteiger partial charge >= 0.3 is 0 Å². The van der Waals surface area contributed by atoms with Gasteiger partial charge in [-0.25, -0.2) is 9.98 Å². The van der Waals surface area contributed by atoms with E-state index in [1.54, 1.807) is 11.5 Å². The first-order valence-electron chi connectivity index (χ1n) is 8.99. The molecule has 1 aliphatic rings. The zero-order valence-electron chi connectivity index (χ0n) is 15.6. The number of anilines is 1. The summed E-state index contributed by atoms with van der Waals surface area (Å²) in [5.74, 6) is 1.04. The van der Waals surface area contributed by atoms with Crippen LogP contribution in [0, 0.1) is 13.8 Å². The van der Waals surface area contributed by atoms with Crippen LogP contribution in [0.1, 0.15) is 28.6 Å². The van der Waals surface area contributed by atoms with Gasteiger partial charge in [-0.3, -0.25) is 14.7 Å². The van der Waals surface area contributed by atoms with E-state index in [4.69, 9.17) is 11.6 Å². The molecule has 142 valence electrons. The highest BCUT2D eigenvalue weighted by Crippen LogP contribution is 2.22. The Bertz CT molecular complexity index is 1090. The highest BCUT2D eigenvalue weighted by molar-refractivity contribution is 6.30. The largest absolute Gasteiger partial charge is 0.331 e. The normalized spacial score (nSPS) is 17.0. The second-order valence-electron chi connectivity index (χ2n) is 6.80. The highest BCUT2D eigenvalue weighted by Gasteiger charge is 2.26. The van der Waals surface area contributed by atoms with E-state index in [2.05, 4.69) is 20.6 Å². The number of hydrogen-bond acceptors (Lipinski definition) is 3. The average molecular weight is 394 g/mol. The first-order valence-corrected chi connectivity index (χ1v) is 9.36. The molecule has 0 fully saturated rings. The molecule has 4 rings (SSSR count). The van der Waals surface area contributed by atoms with Gasteiger partial charge in [0.1, 0.15) is 6.17 Å². The zero-order valence-corrected chi connectivity index (χ0v) is 16.4. The Morgan fingerprint density at radius 2 is 1.82 bits per heavy atom. The SMILES string of the molecule is Cc1ccc(C2NC(=NCc3ccc(Cl)cc3)Nc3nc(C)cc(=O)n32)cc1. The van der Waals surface area contributed by atoms with Crippen LogP contribution in [0.15, 0.2) is 64.4 Å². The summed E-state index contributed by atoms with van der Waals surface area (Å²) in [6.45, 7) is 4.31. The summed E-state index contributed by atoms with van der Waals surface area (Å²) in [4.78, 5) is 21.8. The van der Waals surface area contributed by atoms with E-state index in [0.29, 0.717) is 29.2 Å². The lowest BCUT2D eigenvalue weighted by molar-refractivity contribution is 0.514. The van der Waals surface area contributed by atoms with E-state index < -0.39 is 0 Å². The summed E-state index contributed by atoms with van der Waals surface area (Å²) >= 11 is 5.94. The van der Waals surface area contributed by atoms with Crippen LogP contribution in [0.25, 0.3) is 0 Å². The number of aromatic nitrogens is 2.